The minimum absolute atomic E-state index is 0.197. The Kier molecular flexibility index (Phi) is 6.64. The zero-order valence-electron chi connectivity index (χ0n) is 16.4. The number of benzene rings is 1. The molecule has 1 aliphatic rings. The van der Waals surface area contributed by atoms with Gasteiger partial charge in [-0.25, -0.2) is 9.18 Å². The van der Waals surface area contributed by atoms with Gasteiger partial charge in [-0.3, -0.25) is 9.59 Å². The lowest BCUT2D eigenvalue weighted by atomic mass is 10.0. The van der Waals surface area contributed by atoms with Crippen LogP contribution in [-0.2, 0) is 9.53 Å². The van der Waals surface area contributed by atoms with Crippen molar-refractivity contribution < 1.29 is 23.5 Å². The number of ether oxygens (including phenoxy) is 1. The van der Waals surface area contributed by atoms with Gasteiger partial charge in [-0.1, -0.05) is 6.07 Å². The number of anilines is 1. The van der Waals surface area contributed by atoms with Gasteiger partial charge < -0.3 is 15.0 Å². The number of thiophene rings is 1. The molecule has 2 aromatic rings. The first-order valence-electron chi connectivity index (χ1n) is 9.55. The molecule has 1 fully saturated rings. The fourth-order valence-electron chi connectivity index (χ4n) is 3.36. The molecule has 0 bridgehead atoms. The average molecular weight is 418 g/mol. The lowest BCUT2D eigenvalue weighted by Crippen LogP contribution is -2.48. The van der Waals surface area contributed by atoms with Gasteiger partial charge in [-0.2, -0.15) is 0 Å². The number of rotatable bonds is 5. The topological polar surface area (TPSA) is 75.7 Å². The van der Waals surface area contributed by atoms with E-state index in [1.807, 2.05) is 0 Å². The molecule has 0 saturated carbocycles. The second-order valence-electron chi connectivity index (χ2n) is 6.85. The molecule has 1 aromatic carbocycles. The summed E-state index contributed by atoms with van der Waals surface area (Å²) in [6.07, 6.45) is 2.28. The van der Waals surface area contributed by atoms with E-state index in [1.54, 1.807) is 24.8 Å². The molecule has 1 unspecified atom stereocenters. The van der Waals surface area contributed by atoms with E-state index in [4.69, 9.17) is 4.74 Å². The Hall–Kier alpha value is -2.74. The van der Waals surface area contributed by atoms with Gasteiger partial charge in [-0.05, 0) is 62.9 Å². The van der Waals surface area contributed by atoms with Crippen LogP contribution in [0.5, 0.6) is 0 Å². The van der Waals surface area contributed by atoms with Gasteiger partial charge in [0, 0.05) is 12.1 Å². The highest BCUT2D eigenvalue weighted by atomic mass is 32.1. The Morgan fingerprint density at radius 1 is 1.28 bits per heavy atom. The van der Waals surface area contributed by atoms with Crippen LogP contribution in [0.15, 0.2) is 30.3 Å². The summed E-state index contributed by atoms with van der Waals surface area (Å²) in [7, 11) is 0. The number of nitrogens with one attached hydrogen (secondary N) is 1. The number of hydrogen-bond donors (Lipinski definition) is 1. The van der Waals surface area contributed by atoms with E-state index in [0.717, 1.165) is 30.2 Å². The third kappa shape index (κ3) is 4.82. The van der Waals surface area contributed by atoms with Crippen LogP contribution in [0.4, 0.5) is 9.39 Å². The molecule has 3 rings (SSSR count). The van der Waals surface area contributed by atoms with Crippen LogP contribution in [-0.4, -0.2) is 41.9 Å². The number of piperidine rings is 1. The van der Waals surface area contributed by atoms with E-state index in [1.165, 1.54) is 18.2 Å². The quantitative estimate of drug-likeness (QED) is 0.745. The second kappa shape index (κ2) is 9.17. The van der Waals surface area contributed by atoms with Crippen molar-refractivity contribution in [3.8, 4) is 0 Å². The molecular formula is C21H23FN2O4S. The number of nitrogens with zero attached hydrogens (tertiary/aromatic N) is 1. The maximum atomic E-state index is 13.3. The highest BCUT2D eigenvalue weighted by Gasteiger charge is 2.34. The first-order valence-corrected chi connectivity index (χ1v) is 10.4. The normalized spacial score (nSPS) is 16.4. The molecule has 6 nitrogen and oxygen atoms in total. The molecule has 1 atom stereocenters. The van der Waals surface area contributed by atoms with Gasteiger partial charge in [-0.15, -0.1) is 11.3 Å². The van der Waals surface area contributed by atoms with E-state index in [2.05, 4.69) is 5.32 Å². The van der Waals surface area contributed by atoms with Gasteiger partial charge >= 0.3 is 5.97 Å². The zero-order valence-corrected chi connectivity index (χ0v) is 17.2. The number of halogens is 1. The molecule has 1 aromatic heterocycles. The minimum Gasteiger partial charge on any atom is -0.464 e. The number of amides is 2. The molecule has 0 spiro atoms. The van der Waals surface area contributed by atoms with Crippen LogP contribution >= 0.6 is 11.3 Å². The number of hydrogen-bond acceptors (Lipinski definition) is 5. The molecule has 1 saturated heterocycles. The molecule has 1 N–H and O–H groups in total. The van der Waals surface area contributed by atoms with Crippen molar-refractivity contribution in [2.24, 2.45) is 0 Å². The first-order chi connectivity index (χ1) is 13.9. The molecule has 0 aliphatic carbocycles. The largest absolute Gasteiger partial charge is 0.464 e. The summed E-state index contributed by atoms with van der Waals surface area (Å²) in [6, 6.07) is 6.52. The van der Waals surface area contributed by atoms with Crippen molar-refractivity contribution in [1.82, 2.24) is 4.90 Å². The number of carbonyl (C=O) groups is 3. The maximum absolute atomic E-state index is 13.3. The number of esters is 1. The molecule has 0 radical (unpaired) electrons. The predicted octanol–water partition coefficient (Wildman–Crippen LogP) is 4.01. The van der Waals surface area contributed by atoms with Crippen LogP contribution < -0.4 is 5.32 Å². The summed E-state index contributed by atoms with van der Waals surface area (Å²) in [6.45, 7) is 4.28. The maximum Gasteiger partial charge on any atom is 0.328 e. The van der Waals surface area contributed by atoms with Crippen molar-refractivity contribution in [3.05, 3.63) is 52.2 Å². The number of aryl methyl sites for hydroxylation is 1. The average Bonchev–Trinajstić information content (AvgIpc) is 3.07. The molecule has 8 heteroatoms. The Balaban J connectivity index is 1.77. The molecular weight excluding hydrogens is 395 g/mol. The first kappa shape index (κ1) is 21.0. The highest BCUT2D eigenvalue weighted by Crippen LogP contribution is 2.30. The molecule has 2 heterocycles. The van der Waals surface area contributed by atoms with Crippen LogP contribution in [0.25, 0.3) is 0 Å². The van der Waals surface area contributed by atoms with Gasteiger partial charge in [0.2, 0.25) is 0 Å². The van der Waals surface area contributed by atoms with Crippen LogP contribution in [0, 0.1) is 12.7 Å². The molecule has 154 valence electrons. The lowest BCUT2D eigenvalue weighted by molar-refractivity contribution is -0.149. The second-order valence-corrected chi connectivity index (χ2v) is 7.90. The third-order valence-corrected chi connectivity index (χ3v) is 5.90. The summed E-state index contributed by atoms with van der Waals surface area (Å²) < 4.78 is 18.5. The van der Waals surface area contributed by atoms with Crippen LogP contribution in [0.1, 0.15) is 51.8 Å². The van der Waals surface area contributed by atoms with Gasteiger partial charge in [0.15, 0.2) is 0 Å². The van der Waals surface area contributed by atoms with Gasteiger partial charge in [0.05, 0.1) is 16.5 Å². The summed E-state index contributed by atoms with van der Waals surface area (Å²) >= 11 is 1.15. The molecule has 29 heavy (non-hydrogen) atoms. The Bertz CT molecular complexity index is 927. The Labute approximate surface area is 172 Å². The van der Waals surface area contributed by atoms with Crippen molar-refractivity contribution in [3.63, 3.8) is 0 Å². The fraction of sp³-hybridized carbons (Fsp3) is 0.381. The standard InChI is InChI=1S/C21H23FN2O4S/c1-3-28-21(27)16-9-4-5-10-24(16)20(26)18-13(2)11-17(29-18)23-19(25)14-7-6-8-15(22)12-14/h6-8,11-12,16H,3-5,9-10H2,1-2H3,(H,23,25). The Morgan fingerprint density at radius 3 is 2.79 bits per heavy atom. The van der Waals surface area contributed by atoms with E-state index in [-0.39, 0.29) is 24.0 Å². The summed E-state index contributed by atoms with van der Waals surface area (Å²) in [5, 5.41) is 3.20. The van der Waals surface area contributed by atoms with E-state index < -0.39 is 17.8 Å². The summed E-state index contributed by atoms with van der Waals surface area (Å²) in [5.41, 5.74) is 0.907. The van der Waals surface area contributed by atoms with Crippen molar-refractivity contribution in [1.29, 1.82) is 0 Å². The summed E-state index contributed by atoms with van der Waals surface area (Å²) in [5.74, 6) is -1.57. The lowest BCUT2D eigenvalue weighted by Gasteiger charge is -2.33. The fourth-order valence-corrected chi connectivity index (χ4v) is 4.38. The minimum atomic E-state index is -0.581. The van der Waals surface area contributed by atoms with Crippen molar-refractivity contribution in [2.45, 2.75) is 39.2 Å². The van der Waals surface area contributed by atoms with E-state index in [0.29, 0.717) is 28.4 Å². The SMILES string of the molecule is CCOC(=O)C1CCCCN1C(=O)c1sc(NC(=O)c2cccc(F)c2)cc1C. The monoisotopic (exact) mass is 418 g/mol. The highest BCUT2D eigenvalue weighted by molar-refractivity contribution is 7.18. The van der Waals surface area contributed by atoms with E-state index in [9.17, 15) is 18.8 Å². The predicted molar refractivity (Wildman–Crippen MR) is 109 cm³/mol. The van der Waals surface area contributed by atoms with Crippen molar-refractivity contribution >= 4 is 34.1 Å². The van der Waals surface area contributed by atoms with Crippen LogP contribution in [0.3, 0.4) is 0 Å². The van der Waals surface area contributed by atoms with E-state index >= 15 is 0 Å². The van der Waals surface area contributed by atoms with Crippen molar-refractivity contribution in [2.75, 3.05) is 18.5 Å². The Morgan fingerprint density at radius 2 is 2.07 bits per heavy atom. The smallest absolute Gasteiger partial charge is 0.328 e. The number of likely N-dealkylation sites (tertiary alicyclic amines) is 1. The van der Waals surface area contributed by atoms with Gasteiger partial charge in [0.25, 0.3) is 11.8 Å². The third-order valence-electron chi connectivity index (χ3n) is 4.76. The van der Waals surface area contributed by atoms with Gasteiger partial charge in [0.1, 0.15) is 11.9 Å². The molecule has 2 amide bonds. The van der Waals surface area contributed by atoms with Crippen LogP contribution in [0.2, 0.25) is 0 Å². The summed E-state index contributed by atoms with van der Waals surface area (Å²) in [4.78, 5) is 39.8. The number of carbonyl (C=O) groups excluding carboxylic acids is 3. The zero-order chi connectivity index (χ0) is 21.0. The molecule has 1 aliphatic heterocycles.